The van der Waals surface area contributed by atoms with Gasteiger partial charge in [-0.2, -0.15) is 0 Å². The van der Waals surface area contributed by atoms with Gasteiger partial charge in [-0.25, -0.2) is 0 Å². The second-order valence-electron chi connectivity index (χ2n) is 6.89. The second kappa shape index (κ2) is 9.95. The van der Waals surface area contributed by atoms with Crippen molar-refractivity contribution in [1.82, 2.24) is 10.9 Å². The van der Waals surface area contributed by atoms with E-state index in [2.05, 4.69) is 10.9 Å². The third kappa shape index (κ3) is 4.94. The van der Waals surface area contributed by atoms with Gasteiger partial charge in [0, 0.05) is 0 Å². The molecule has 0 radical (unpaired) electrons. The molecule has 0 aliphatic carbocycles. The number of amides is 2. The number of para-hydroxylation sites is 4. The van der Waals surface area contributed by atoms with Gasteiger partial charge in [-0.3, -0.25) is 30.5 Å². The van der Waals surface area contributed by atoms with Gasteiger partial charge in [-0.05, 0) is 48.5 Å². The van der Waals surface area contributed by atoms with Crippen LogP contribution in [0.15, 0.2) is 121 Å². The Hall–Kier alpha value is -4.58. The summed E-state index contributed by atoms with van der Waals surface area (Å²) in [6.45, 7) is 0. The van der Waals surface area contributed by atoms with Gasteiger partial charge in [0.25, 0.3) is 0 Å². The first-order chi connectivity index (χ1) is 15.7. The number of anilines is 4. The Morgan fingerprint density at radius 2 is 0.625 bits per heavy atom. The Morgan fingerprint density at radius 3 is 0.844 bits per heavy atom. The predicted molar refractivity (Wildman–Crippen MR) is 126 cm³/mol. The van der Waals surface area contributed by atoms with E-state index in [1.165, 1.54) is 0 Å². The molecule has 0 atom stereocenters. The van der Waals surface area contributed by atoms with Gasteiger partial charge >= 0.3 is 11.8 Å². The van der Waals surface area contributed by atoms with E-state index < -0.39 is 11.8 Å². The smallest absolute Gasteiger partial charge is 0.262 e. The molecule has 0 fully saturated rings. The summed E-state index contributed by atoms with van der Waals surface area (Å²) >= 11 is 0. The van der Waals surface area contributed by atoms with E-state index in [1.807, 2.05) is 121 Å². The van der Waals surface area contributed by atoms with E-state index in [9.17, 15) is 9.59 Å². The van der Waals surface area contributed by atoms with Crippen molar-refractivity contribution in [2.45, 2.75) is 0 Å². The van der Waals surface area contributed by atoms with Crippen molar-refractivity contribution >= 4 is 34.6 Å². The molecule has 0 aliphatic rings. The monoisotopic (exact) mass is 422 g/mol. The first kappa shape index (κ1) is 20.7. The zero-order chi connectivity index (χ0) is 22.2. The second-order valence-corrected chi connectivity index (χ2v) is 6.89. The molecule has 0 heterocycles. The predicted octanol–water partition coefficient (Wildman–Crippen LogP) is 4.73. The molecule has 0 spiro atoms. The van der Waals surface area contributed by atoms with Gasteiger partial charge in [0.1, 0.15) is 0 Å². The molecule has 0 aromatic heterocycles. The highest BCUT2D eigenvalue weighted by Crippen LogP contribution is 2.24. The van der Waals surface area contributed by atoms with Crippen LogP contribution in [0.5, 0.6) is 0 Å². The summed E-state index contributed by atoms with van der Waals surface area (Å²) in [4.78, 5) is 25.8. The van der Waals surface area contributed by atoms with E-state index >= 15 is 0 Å². The van der Waals surface area contributed by atoms with Crippen molar-refractivity contribution < 1.29 is 9.59 Å². The number of carbonyl (C=O) groups is 2. The number of hydrogen-bond acceptors (Lipinski definition) is 4. The van der Waals surface area contributed by atoms with Crippen molar-refractivity contribution in [3.63, 3.8) is 0 Å². The molecule has 6 nitrogen and oxygen atoms in total. The third-order valence-electron chi connectivity index (χ3n) is 4.69. The minimum Gasteiger partial charge on any atom is -0.262 e. The highest BCUT2D eigenvalue weighted by atomic mass is 16.2. The summed E-state index contributed by atoms with van der Waals surface area (Å²) < 4.78 is 0. The standard InChI is InChI=1S/C26H22N4O2/c31-25(27-29(21-13-5-1-6-14-21)22-15-7-2-8-16-22)26(32)28-30(23-17-9-3-10-18-23)24-19-11-4-12-20-24/h1-20H,(H,27,31)(H,28,32). The number of benzene rings is 4. The van der Waals surface area contributed by atoms with Crippen molar-refractivity contribution in [2.24, 2.45) is 0 Å². The Morgan fingerprint density at radius 1 is 0.406 bits per heavy atom. The lowest BCUT2D eigenvalue weighted by molar-refractivity contribution is -0.139. The van der Waals surface area contributed by atoms with Crippen LogP contribution in [0.25, 0.3) is 0 Å². The first-order valence-electron chi connectivity index (χ1n) is 10.1. The molecule has 0 saturated heterocycles. The quantitative estimate of drug-likeness (QED) is 0.348. The van der Waals surface area contributed by atoms with E-state index in [-0.39, 0.29) is 0 Å². The number of hydrogen-bond donors (Lipinski definition) is 2. The van der Waals surface area contributed by atoms with Crippen molar-refractivity contribution in [3.8, 4) is 0 Å². The molecule has 158 valence electrons. The molecule has 4 aromatic carbocycles. The van der Waals surface area contributed by atoms with Crippen molar-refractivity contribution in [2.75, 3.05) is 10.0 Å². The fraction of sp³-hybridized carbons (Fsp3) is 0. The zero-order valence-electron chi connectivity index (χ0n) is 17.3. The maximum absolute atomic E-state index is 12.9. The van der Waals surface area contributed by atoms with Crippen LogP contribution >= 0.6 is 0 Å². The number of nitrogens with zero attached hydrogens (tertiary/aromatic N) is 2. The average Bonchev–Trinajstić information content (AvgIpc) is 2.87. The Balaban J connectivity index is 1.57. The molecule has 2 amide bonds. The summed E-state index contributed by atoms with van der Waals surface area (Å²) in [7, 11) is 0. The molecule has 0 unspecified atom stereocenters. The maximum atomic E-state index is 12.9. The minimum absolute atomic E-state index is 0.725. The highest BCUT2D eigenvalue weighted by molar-refractivity contribution is 6.35. The number of rotatable bonds is 6. The highest BCUT2D eigenvalue weighted by Gasteiger charge is 2.22. The van der Waals surface area contributed by atoms with E-state index in [0.717, 1.165) is 22.7 Å². The SMILES string of the molecule is O=C(NN(c1ccccc1)c1ccccc1)C(=O)NN(c1ccccc1)c1ccccc1. The van der Waals surface area contributed by atoms with Gasteiger partial charge in [-0.15, -0.1) is 0 Å². The van der Waals surface area contributed by atoms with Crippen LogP contribution in [0.4, 0.5) is 22.7 Å². The fourth-order valence-corrected chi connectivity index (χ4v) is 3.17. The molecule has 2 N–H and O–H groups in total. The largest absolute Gasteiger partial charge is 0.329 e. The number of hydrazine groups is 2. The third-order valence-corrected chi connectivity index (χ3v) is 4.69. The van der Waals surface area contributed by atoms with Crippen LogP contribution in [0.1, 0.15) is 0 Å². The van der Waals surface area contributed by atoms with E-state index in [0.29, 0.717) is 0 Å². The molecular formula is C26H22N4O2. The maximum Gasteiger partial charge on any atom is 0.329 e. The van der Waals surface area contributed by atoms with E-state index in [4.69, 9.17) is 0 Å². The molecule has 0 saturated carbocycles. The Kier molecular flexibility index (Phi) is 6.43. The van der Waals surface area contributed by atoms with Crippen LogP contribution in [0.3, 0.4) is 0 Å². The van der Waals surface area contributed by atoms with Crippen LogP contribution < -0.4 is 20.9 Å². The van der Waals surface area contributed by atoms with Crippen LogP contribution in [0.2, 0.25) is 0 Å². The summed E-state index contributed by atoms with van der Waals surface area (Å²) in [5.74, 6) is -1.59. The van der Waals surface area contributed by atoms with Gasteiger partial charge in [0.2, 0.25) is 0 Å². The summed E-state index contributed by atoms with van der Waals surface area (Å²) in [5, 5.41) is 3.16. The van der Waals surface area contributed by atoms with Gasteiger partial charge < -0.3 is 0 Å². The lowest BCUT2D eigenvalue weighted by Gasteiger charge is -2.27. The lowest BCUT2D eigenvalue weighted by Crippen LogP contribution is -2.51. The summed E-state index contributed by atoms with van der Waals surface area (Å²) in [6.07, 6.45) is 0. The Bertz CT molecular complexity index is 980. The van der Waals surface area contributed by atoms with Gasteiger partial charge in [0.05, 0.1) is 22.7 Å². The Labute approximate surface area is 186 Å². The molecular weight excluding hydrogens is 400 g/mol. The number of nitrogens with one attached hydrogen (secondary N) is 2. The minimum atomic E-state index is -0.797. The van der Waals surface area contributed by atoms with Gasteiger partial charge in [-0.1, -0.05) is 72.8 Å². The average molecular weight is 422 g/mol. The van der Waals surface area contributed by atoms with E-state index in [1.54, 1.807) is 10.0 Å². The van der Waals surface area contributed by atoms with Crippen LogP contribution in [0, 0.1) is 0 Å². The van der Waals surface area contributed by atoms with Crippen molar-refractivity contribution in [3.05, 3.63) is 121 Å². The molecule has 0 aliphatic heterocycles. The molecule has 4 aromatic rings. The van der Waals surface area contributed by atoms with Crippen LogP contribution in [-0.4, -0.2) is 11.8 Å². The van der Waals surface area contributed by atoms with Crippen molar-refractivity contribution in [1.29, 1.82) is 0 Å². The molecule has 4 rings (SSSR count). The lowest BCUT2D eigenvalue weighted by atomic mass is 10.2. The normalized spacial score (nSPS) is 10.1. The molecule has 6 heteroatoms. The van der Waals surface area contributed by atoms with Crippen LogP contribution in [-0.2, 0) is 9.59 Å². The fourth-order valence-electron chi connectivity index (χ4n) is 3.17. The van der Waals surface area contributed by atoms with Gasteiger partial charge in [0.15, 0.2) is 0 Å². The number of carbonyl (C=O) groups excluding carboxylic acids is 2. The topological polar surface area (TPSA) is 64.7 Å². The first-order valence-corrected chi connectivity index (χ1v) is 10.1. The molecule has 32 heavy (non-hydrogen) atoms. The summed E-state index contributed by atoms with van der Waals surface area (Å²) in [6, 6.07) is 37.3. The zero-order valence-corrected chi connectivity index (χ0v) is 17.3. The summed E-state index contributed by atoms with van der Waals surface area (Å²) in [5.41, 5.74) is 8.33. The molecule has 0 bridgehead atoms.